The van der Waals surface area contributed by atoms with Crippen LogP contribution < -0.4 is 10.3 Å². The van der Waals surface area contributed by atoms with E-state index in [1.54, 1.807) is 10.6 Å². The molecule has 0 fully saturated rings. The Bertz CT molecular complexity index is 1670. The summed E-state index contributed by atoms with van der Waals surface area (Å²) in [7, 11) is 0. The maximum absolute atomic E-state index is 14.2. The number of para-hydroxylation sites is 1. The summed E-state index contributed by atoms with van der Waals surface area (Å²) in [4.78, 5) is 35.1. The Balaban J connectivity index is 1.70. The van der Waals surface area contributed by atoms with Gasteiger partial charge in [-0.05, 0) is 73.0 Å². The van der Waals surface area contributed by atoms with E-state index < -0.39 is 6.04 Å². The van der Waals surface area contributed by atoms with Gasteiger partial charge in [-0.25, -0.2) is 4.98 Å². The van der Waals surface area contributed by atoms with Gasteiger partial charge < -0.3 is 9.64 Å². The number of ether oxygens (including phenoxy) is 1. The van der Waals surface area contributed by atoms with Gasteiger partial charge in [-0.15, -0.1) is 0 Å². The number of hydrogen-bond acceptors (Lipinski definition) is 4. The second-order valence-electron chi connectivity index (χ2n) is 9.50. The first-order chi connectivity index (χ1) is 19.1. The van der Waals surface area contributed by atoms with Gasteiger partial charge in [0.25, 0.3) is 11.5 Å². The summed E-state index contributed by atoms with van der Waals surface area (Å²) in [5.41, 5.74) is 1.79. The smallest absolute Gasteiger partial charge is 0.266 e. The quantitative estimate of drug-likeness (QED) is 0.212. The van der Waals surface area contributed by atoms with Gasteiger partial charge in [-0.1, -0.05) is 62.4 Å². The number of carbonyl (C=O) groups excluding carboxylic acids is 1. The predicted octanol–water partition coefficient (Wildman–Crippen LogP) is 6.94. The Kier molecular flexibility index (Phi) is 7.73. The number of rotatable bonds is 9. The first kappa shape index (κ1) is 26.2. The molecular weight excluding hydrogens is 486 g/mol. The summed E-state index contributed by atoms with van der Waals surface area (Å²) in [6.45, 7) is 7.12. The van der Waals surface area contributed by atoms with Crippen LogP contribution in [-0.4, -0.2) is 33.5 Å². The van der Waals surface area contributed by atoms with E-state index in [1.807, 2.05) is 104 Å². The van der Waals surface area contributed by atoms with E-state index >= 15 is 0 Å². The van der Waals surface area contributed by atoms with E-state index in [-0.39, 0.29) is 11.5 Å². The van der Waals surface area contributed by atoms with Crippen molar-refractivity contribution in [2.75, 3.05) is 13.2 Å². The molecule has 6 nitrogen and oxygen atoms in total. The number of benzene rings is 4. The van der Waals surface area contributed by atoms with Crippen molar-refractivity contribution in [1.82, 2.24) is 14.5 Å². The largest absolute Gasteiger partial charge is 0.494 e. The van der Waals surface area contributed by atoms with Crippen LogP contribution in [0, 0.1) is 0 Å². The van der Waals surface area contributed by atoms with Gasteiger partial charge in [0.2, 0.25) is 0 Å². The second-order valence-corrected chi connectivity index (χ2v) is 9.50. The lowest BCUT2D eigenvalue weighted by Crippen LogP contribution is -2.39. The fraction of sp³-hybridized carbons (Fsp3) is 0.242. The van der Waals surface area contributed by atoms with Crippen molar-refractivity contribution in [2.24, 2.45) is 0 Å². The molecule has 198 valence electrons. The zero-order chi connectivity index (χ0) is 27.4. The van der Waals surface area contributed by atoms with Crippen molar-refractivity contribution < 1.29 is 9.53 Å². The molecule has 0 aliphatic carbocycles. The van der Waals surface area contributed by atoms with Crippen LogP contribution >= 0.6 is 0 Å². The van der Waals surface area contributed by atoms with Crippen LogP contribution in [0.5, 0.6) is 5.75 Å². The highest BCUT2D eigenvalue weighted by Gasteiger charge is 2.30. The van der Waals surface area contributed by atoms with E-state index in [2.05, 4.69) is 6.92 Å². The van der Waals surface area contributed by atoms with Crippen molar-refractivity contribution >= 4 is 27.6 Å². The molecule has 6 heteroatoms. The van der Waals surface area contributed by atoms with Crippen LogP contribution in [0.15, 0.2) is 95.8 Å². The molecule has 0 aliphatic heterocycles. The Morgan fingerprint density at radius 3 is 2.28 bits per heavy atom. The molecule has 1 aromatic heterocycles. The van der Waals surface area contributed by atoms with Gasteiger partial charge in [0, 0.05) is 12.1 Å². The van der Waals surface area contributed by atoms with Crippen LogP contribution in [0.1, 0.15) is 55.8 Å². The summed E-state index contributed by atoms with van der Waals surface area (Å²) in [6.07, 6.45) is 1.37. The van der Waals surface area contributed by atoms with Crippen LogP contribution in [-0.2, 0) is 0 Å². The number of nitrogens with zero attached hydrogens (tertiary/aromatic N) is 3. The van der Waals surface area contributed by atoms with Crippen LogP contribution in [0.3, 0.4) is 0 Å². The van der Waals surface area contributed by atoms with Gasteiger partial charge in [0.05, 0.1) is 29.2 Å². The predicted molar refractivity (Wildman–Crippen MR) is 157 cm³/mol. The third-order valence-electron chi connectivity index (χ3n) is 7.01. The summed E-state index contributed by atoms with van der Waals surface area (Å²) in [5.74, 6) is 1.21. The van der Waals surface area contributed by atoms with Crippen molar-refractivity contribution in [3.05, 3.63) is 113 Å². The SMILES string of the molecule is CCCN(C(=O)c1cccc2ccccc12)C(CC)c1nc2ccccc2c(=O)n1-c1ccc(OCC)cc1. The lowest BCUT2D eigenvalue weighted by Gasteiger charge is -2.32. The molecule has 0 N–H and O–H groups in total. The summed E-state index contributed by atoms with van der Waals surface area (Å²) < 4.78 is 7.28. The molecular formula is C33H33N3O3. The Hall–Kier alpha value is -4.45. The molecule has 5 rings (SSSR count). The zero-order valence-corrected chi connectivity index (χ0v) is 22.6. The Morgan fingerprint density at radius 2 is 1.56 bits per heavy atom. The normalized spacial score (nSPS) is 12.0. The minimum Gasteiger partial charge on any atom is -0.494 e. The van der Waals surface area contributed by atoms with Crippen molar-refractivity contribution in [3.8, 4) is 11.4 Å². The summed E-state index contributed by atoms with van der Waals surface area (Å²) >= 11 is 0. The highest BCUT2D eigenvalue weighted by atomic mass is 16.5. The highest BCUT2D eigenvalue weighted by molar-refractivity contribution is 6.07. The third kappa shape index (κ3) is 5.02. The Morgan fingerprint density at radius 1 is 0.872 bits per heavy atom. The standard InChI is InChI=1S/C33H33N3O3/c1-4-22-35(32(37)27-16-11-13-23-12-7-8-14-26(23)27)30(5-2)31-34-29-17-10-9-15-28(29)33(38)36(31)24-18-20-25(21-19-24)39-6-3/h7-21,30H,4-6,22H2,1-3H3. The van der Waals surface area contributed by atoms with Gasteiger partial charge in [-0.3, -0.25) is 14.2 Å². The average Bonchev–Trinajstić information content (AvgIpc) is 2.97. The van der Waals surface area contributed by atoms with E-state index in [0.717, 1.165) is 22.9 Å². The zero-order valence-electron chi connectivity index (χ0n) is 22.6. The van der Waals surface area contributed by atoms with Crippen molar-refractivity contribution in [3.63, 3.8) is 0 Å². The van der Waals surface area contributed by atoms with Crippen molar-refractivity contribution in [1.29, 1.82) is 0 Å². The van der Waals surface area contributed by atoms with E-state index in [4.69, 9.17) is 9.72 Å². The number of carbonyl (C=O) groups is 1. The molecule has 1 heterocycles. The van der Waals surface area contributed by atoms with Gasteiger partial charge in [0.1, 0.15) is 11.6 Å². The maximum Gasteiger partial charge on any atom is 0.266 e. The average molecular weight is 520 g/mol. The maximum atomic E-state index is 14.2. The minimum absolute atomic E-state index is 0.0684. The number of fused-ring (bicyclic) bond motifs is 2. The first-order valence-electron chi connectivity index (χ1n) is 13.6. The highest BCUT2D eigenvalue weighted by Crippen LogP contribution is 2.30. The van der Waals surface area contributed by atoms with Gasteiger partial charge >= 0.3 is 0 Å². The molecule has 0 spiro atoms. The van der Waals surface area contributed by atoms with Crippen molar-refractivity contribution in [2.45, 2.75) is 39.7 Å². The van der Waals surface area contributed by atoms with Gasteiger partial charge in [0.15, 0.2) is 0 Å². The molecule has 0 bridgehead atoms. The van der Waals surface area contributed by atoms with Crippen LogP contribution in [0.25, 0.3) is 27.4 Å². The molecule has 39 heavy (non-hydrogen) atoms. The first-order valence-corrected chi connectivity index (χ1v) is 13.6. The fourth-order valence-corrected chi connectivity index (χ4v) is 5.23. The van der Waals surface area contributed by atoms with E-state index in [0.29, 0.717) is 47.6 Å². The third-order valence-corrected chi connectivity index (χ3v) is 7.01. The molecule has 1 atom stereocenters. The summed E-state index contributed by atoms with van der Waals surface area (Å²) in [6, 6.07) is 28.2. The van der Waals surface area contributed by atoms with Gasteiger partial charge in [-0.2, -0.15) is 0 Å². The van der Waals surface area contributed by atoms with E-state index in [1.165, 1.54) is 0 Å². The van der Waals surface area contributed by atoms with Crippen LogP contribution in [0.2, 0.25) is 0 Å². The topological polar surface area (TPSA) is 64.4 Å². The molecule has 5 aromatic rings. The summed E-state index contributed by atoms with van der Waals surface area (Å²) in [5, 5.41) is 2.46. The fourth-order valence-electron chi connectivity index (χ4n) is 5.23. The molecule has 0 aliphatic rings. The molecule has 0 saturated carbocycles. The number of aromatic nitrogens is 2. The molecule has 4 aromatic carbocycles. The number of hydrogen-bond donors (Lipinski definition) is 0. The lowest BCUT2D eigenvalue weighted by molar-refractivity contribution is 0.0661. The van der Waals surface area contributed by atoms with Crippen LogP contribution in [0.4, 0.5) is 0 Å². The molecule has 0 radical (unpaired) electrons. The second kappa shape index (κ2) is 11.5. The molecule has 1 unspecified atom stereocenters. The monoisotopic (exact) mass is 519 g/mol. The molecule has 1 amide bonds. The number of amides is 1. The minimum atomic E-state index is -0.416. The Labute approximate surface area is 228 Å². The lowest BCUT2D eigenvalue weighted by atomic mass is 10.0. The molecule has 0 saturated heterocycles. The van der Waals surface area contributed by atoms with E-state index in [9.17, 15) is 9.59 Å².